The van der Waals surface area contributed by atoms with Crippen LogP contribution in [0.15, 0.2) is 30.3 Å². The Balaban J connectivity index is 0.000000262. The number of anilines is 1. The van der Waals surface area contributed by atoms with E-state index in [0.29, 0.717) is 0 Å². The first-order valence-electron chi connectivity index (χ1n) is 4.74. The first-order chi connectivity index (χ1) is 6.95. The Morgan fingerprint density at radius 1 is 1.27 bits per heavy atom. The summed E-state index contributed by atoms with van der Waals surface area (Å²) in [5.41, 5.74) is 11.3. The van der Waals surface area contributed by atoms with Crippen molar-refractivity contribution in [3.05, 3.63) is 30.3 Å². The van der Waals surface area contributed by atoms with E-state index >= 15 is 0 Å². The lowest BCUT2D eigenvalue weighted by atomic mass is 10.1. The third-order valence-corrected chi connectivity index (χ3v) is 1.80. The second-order valence-electron chi connectivity index (χ2n) is 3.52. The number of nitrogen functional groups attached to an aromatic ring is 1. The molecule has 0 aliphatic heterocycles. The zero-order valence-electron chi connectivity index (χ0n) is 9.05. The van der Waals surface area contributed by atoms with Crippen molar-refractivity contribution in [2.45, 2.75) is 19.9 Å². The van der Waals surface area contributed by atoms with Crippen molar-refractivity contribution in [1.29, 1.82) is 0 Å². The van der Waals surface area contributed by atoms with Gasteiger partial charge in [0, 0.05) is 5.69 Å². The van der Waals surface area contributed by atoms with Crippen LogP contribution in [0, 0.1) is 5.92 Å². The van der Waals surface area contributed by atoms with Gasteiger partial charge in [0.1, 0.15) is 6.04 Å². The van der Waals surface area contributed by atoms with Gasteiger partial charge in [0.05, 0.1) is 0 Å². The zero-order chi connectivity index (χ0) is 11.8. The molecule has 0 aliphatic carbocycles. The summed E-state index contributed by atoms with van der Waals surface area (Å²) in [6.45, 7) is 3.55. The summed E-state index contributed by atoms with van der Waals surface area (Å²) in [4.78, 5) is 10.0. The summed E-state index contributed by atoms with van der Waals surface area (Å²) in [6, 6.07) is 8.77. The zero-order valence-corrected chi connectivity index (χ0v) is 9.05. The van der Waals surface area contributed by atoms with Crippen molar-refractivity contribution in [3.63, 3.8) is 0 Å². The van der Waals surface area contributed by atoms with Gasteiger partial charge < -0.3 is 16.6 Å². The van der Waals surface area contributed by atoms with E-state index in [0.717, 1.165) is 5.69 Å². The number of carboxylic acids is 1. The number of carbonyl (C=O) groups is 1. The van der Waals surface area contributed by atoms with E-state index in [-0.39, 0.29) is 5.92 Å². The maximum Gasteiger partial charge on any atom is 0.320 e. The van der Waals surface area contributed by atoms with E-state index in [1.165, 1.54) is 0 Å². The van der Waals surface area contributed by atoms with Crippen LogP contribution in [0.5, 0.6) is 0 Å². The highest BCUT2D eigenvalue weighted by Crippen LogP contribution is 1.96. The Morgan fingerprint density at radius 3 is 1.87 bits per heavy atom. The van der Waals surface area contributed by atoms with Crippen LogP contribution in [0.1, 0.15) is 13.8 Å². The fourth-order valence-corrected chi connectivity index (χ4v) is 0.738. The number of carboxylic acid groups (broad SMARTS) is 1. The average Bonchev–Trinajstić information content (AvgIpc) is 2.18. The Hall–Kier alpha value is -1.55. The van der Waals surface area contributed by atoms with E-state index in [1.54, 1.807) is 13.8 Å². The molecule has 0 aromatic heterocycles. The minimum Gasteiger partial charge on any atom is -0.480 e. The second kappa shape index (κ2) is 6.84. The van der Waals surface area contributed by atoms with Gasteiger partial charge in [0.2, 0.25) is 0 Å². The molecule has 4 heteroatoms. The molecule has 0 fully saturated rings. The first-order valence-corrected chi connectivity index (χ1v) is 4.74. The predicted molar refractivity (Wildman–Crippen MR) is 61.3 cm³/mol. The molecule has 5 N–H and O–H groups in total. The van der Waals surface area contributed by atoms with Gasteiger partial charge in [-0.3, -0.25) is 4.79 Å². The topological polar surface area (TPSA) is 89.3 Å². The number of hydrogen-bond acceptors (Lipinski definition) is 3. The highest BCUT2D eigenvalue weighted by atomic mass is 16.4. The van der Waals surface area contributed by atoms with Crippen molar-refractivity contribution in [3.8, 4) is 0 Å². The molecule has 0 bridgehead atoms. The molecule has 0 saturated carbocycles. The highest BCUT2D eigenvalue weighted by molar-refractivity contribution is 5.73. The molecule has 0 saturated heterocycles. The fraction of sp³-hybridized carbons (Fsp3) is 0.364. The van der Waals surface area contributed by atoms with Gasteiger partial charge in [-0.25, -0.2) is 0 Å². The molecule has 1 aromatic rings. The van der Waals surface area contributed by atoms with E-state index in [9.17, 15) is 4.79 Å². The fourth-order valence-electron chi connectivity index (χ4n) is 0.738. The van der Waals surface area contributed by atoms with Crippen molar-refractivity contribution < 1.29 is 9.90 Å². The molecular weight excluding hydrogens is 192 g/mol. The number of benzene rings is 1. The minimum atomic E-state index is -0.931. The van der Waals surface area contributed by atoms with E-state index in [4.69, 9.17) is 16.6 Å². The first kappa shape index (κ1) is 13.4. The monoisotopic (exact) mass is 210 g/mol. The smallest absolute Gasteiger partial charge is 0.320 e. The van der Waals surface area contributed by atoms with Gasteiger partial charge in [-0.2, -0.15) is 0 Å². The lowest BCUT2D eigenvalue weighted by molar-refractivity contribution is -0.139. The summed E-state index contributed by atoms with van der Waals surface area (Å²) in [5.74, 6) is -0.910. The van der Waals surface area contributed by atoms with Gasteiger partial charge in [0.25, 0.3) is 0 Å². The van der Waals surface area contributed by atoms with Crippen LogP contribution >= 0.6 is 0 Å². The third-order valence-electron chi connectivity index (χ3n) is 1.80. The quantitative estimate of drug-likeness (QED) is 0.642. The third kappa shape index (κ3) is 6.51. The molecule has 1 aromatic carbocycles. The van der Waals surface area contributed by atoms with Crippen molar-refractivity contribution in [2.75, 3.05) is 5.73 Å². The molecule has 1 rings (SSSR count). The molecular formula is C11H18N2O2. The molecule has 84 valence electrons. The van der Waals surface area contributed by atoms with Gasteiger partial charge in [-0.1, -0.05) is 32.0 Å². The highest BCUT2D eigenvalue weighted by Gasteiger charge is 2.14. The van der Waals surface area contributed by atoms with Crippen molar-refractivity contribution >= 4 is 11.7 Å². The van der Waals surface area contributed by atoms with Crippen LogP contribution in [-0.2, 0) is 4.79 Å². The van der Waals surface area contributed by atoms with Crippen LogP contribution in [-0.4, -0.2) is 17.1 Å². The van der Waals surface area contributed by atoms with Gasteiger partial charge in [-0.15, -0.1) is 0 Å². The molecule has 0 heterocycles. The number of nitrogens with two attached hydrogens (primary N) is 2. The summed E-state index contributed by atoms with van der Waals surface area (Å²) in [5, 5.41) is 8.23. The van der Waals surface area contributed by atoms with Crippen LogP contribution in [0.25, 0.3) is 0 Å². The summed E-state index contributed by atoms with van der Waals surface area (Å²) in [6.07, 6.45) is 0. The summed E-state index contributed by atoms with van der Waals surface area (Å²) in [7, 11) is 0. The number of aliphatic carboxylic acids is 1. The Labute approximate surface area is 89.9 Å². The van der Waals surface area contributed by atoms with E-state index < -0.39 is 12.0 Å². The Kier molecular flexibility index (Phi) is 6.13. The average molecular weight is 210 g/mol. The Bertz CT molecular complexity index is 286. The number of rotatable bonds is 2. The lowest BCUT2D eigenvalue weighted by Crippen LogP contribution is -2.34. The molecule has 0 unspecified atom stereocenters. The van der Waals surface area contributed by atoms with Crippen LogP contribution in [0.3, 0.4) is 0 Å². The molecule has 0 aliphatic rings. The standard InChI is InChI=1S/C6H7N.C5H11NO2/c7-6-4-2-1-3-5-6;1-3(2)4(6)5(7)8/h1-5H,7H2;3-4H,6H2,1-2H3,(H,7,8)/t;4-/m.0/s1. The van der Waals surface area contributed by atoms with Crippen molar-refractivity contribution in [1.82, 2.24) is 0 Å². The molecule has 15 heavy (non-hydrogen) atoms. The summed E-state index contributed by atoms with van der Waals surface area (Å²) < 4.78 is 0. The molecule has 1 atom stereocenters. The Morgan fingerprint density at radius 2 is 1.73 bits per heavy atom. The van der Waals surface area contributed by atoms with Gasteiger partial charge in [-0.05, 0) is 18.1 Å². The number of para-hydroxylation sites is 1. The van der Waals surface area contributed by atoms with E-state index in [2.05, 4.69) is 0 Å². The minimum absolute atomic E-state index is 0.0208. The van der Waals surface area contributed by atoms with Gasteiger partial charge in [0.15, 0.2) is 0 Å². The van der Waals surface area contributed by atoms with Gasteiger partial charge >= 0.3 is 5.97 Å². The maximum absolute atomic E-state index is 10.0. The normalized spacial score (nSPS) is 11.5. The number of hydrogen-bond donors (Lipinski definition) is 3. The predicted octanol–water partition coefficient (Wildman–Crippen LogP) is 1.32. The van der Waals surface area contributed by atoms with Crippen LogP contribution < -0.4 is 11.5 Å². The summed E-state index contributed by atoms with van der Waals surface area (Å²) >= 11 is 0. The lowest BCUT2D eigenvalue weighted by Gasteiger charge is -2.07. The van der Waals surface area contributed by atoms with Crippen LogP contribution in [0.2, 0.25) is 0 Å². The maximum atomic E-state index is 10.0. The van der Waals surface area contributed by atoms with E-state index in [1.807, 2.05) is 30.3 Å². The van der Waals surface area contributed by atoms with Crippen LogP contribution in [0.4, 0.5) is 5.69 Å². The molecule has 0 amide bonds. The van der Waals surface area contributed by atoms with Crippen molar-refractivity contribution in [2.24, 2.45) is 11.7 Å². The SMILES string of the molecule is CC(C)[C@H](N)C(=O)O.Nc1ccccc1. The molecule has 0 spiro atoms. The second-order valence-corrected chi connectivity index (χ2v) is 3.52. The largest absolute Gasteiger partial charge is 0.480 e. The molecule has 4 nitrogen and oxygen atoms in total. The molecule has 0 radical (unpaired) electrons.